The van der Waals surface area contributed by atoms with Gasteiger partial charge in [-0.1, -0.05) is 0 Å². The molecule has 0 N–H and O–H groups in total. The van der Waals surface area contributed by atoms with E-state index in [4.69, 9.17) is 9.47 Å². The molecule has 3 rings (SSSR count). The molecule has 2 heterocycles. The Morgan fingerprint density at radius 3 is 2.81 bits per heavy atom. The Morgan fingerprint density at radius 1 is 1.33 bits per heavy atom. The molecule has 114 valence electrons. The highest BCUT2D eigenvalue weighted by Gasteiger charge is 2.33. The van der Waals surface area contributed by atoms with Crippen molar-refractivity contribution in [3.8, 4) is 0 Å². The average molecular weight is 296 g/mol. The van der Waals surface area contributed by atoms with Crippen LogP contribution in [0, 0.1) is 21.8 Å². The van der Waals surface area contributed by atoms with Crippen molar-refractivity contribution in [2.75, 3.05) is 31.2 Å². The summed E-state index contributed by atoms with van der Waals surface area (Å²) in [7, 11) is 0. The van der Waals surface area contributed by atoms with E-state index in [0.717, 1.165) is 25.5 Å². The molecule has 0 amide bonds. The summed E-state index contributed by atoms with van der Waals surface area (Å²) in [5.74, 6) is -0.410. The van der Waals surface area contributed by atoms with E-state index in [9.17, 15) is 14.5 Å². The second-order valence-corrected chi connectivity index (χ2v) is 5.35. The molecule has 0 aromatic heterocycles. The molecule has 2 aliphatic rings. The van der Waals surface area contributed by atoms with Crippen LogP contribution in [0.4, 0.5) is 15.8 Å². The van der Waals surface area contributed by atoms with E-state index in [1.54, 1.807) is 0 Å². The van der Waals surface area contributed by atoms with Gasteiger partial charge in [-0.25, -0.2) is 4.39 Å². The minimum absolute atomic E-state index is 0.186. The number of ether oxygens (including phenoxy) is 2. The molecule has 21 heavy (non-hydrogen) atoms. The van der Waals surface area contributed by atoms with Gasteiger partial charge in [0.1, 0.15) is 11.5 Å². The van der Waals surface area contributed by atoms with E-state index in [0.29, 0.717) is 25.4 Å². The largest absolute Gasteiger partial charge is 0.366 e. The third-order valence-corrected chi connectivity index (χ3v) is 3.97. The summed E-state index contributed by atoms with van der Waals surface area (Å²) in [4.78, 5) is 12.5. The molecule has 0 unspecified atom stereocenters. The maximum atomic E-state index is 13.2. The second-order valence-electron chi connectivity index (χ2n) is 5.35. The summed E-state index contributed by atoms with van der Waals surface area (Å²) in [5, 5.41) is 11.1. The minimum Gasteiger partial charge on any atom is -0.366 e. The topological polar surface area (TPSA) is 64.8 Å². The first-order valence-electron chi connectivity index (χ1n) is 7.07. The normalized spacial score (nSPS) is 23.5. The van der Waals surface area contributed by atoms with Crippen LogP contribution in [0.2, 0.25) is 0 Å². The van der Waals surface area contributed by atoms with Crippen LogP contribution in [-0.2, 0) is 9.47 Å². The summed E-state index contributed by atoms with van der Waals surface area (Å²) in [6, 6.07) is 3.71. The van der Waals surface area contributed by atoms with E-state index >= 15 is 0 Å². The lowest BCUT2D eigenvalue weighted by Gasteiger charge is -2.35. The van der Waals surface area contributed by atoms with Crippen LogP contribution in [0.5, 0.6) is 0 Å². The summed E-state index contributed by atoms with van der Waals surface area (Å²) in [5.41, 5.74) is 0.271. The molecule has 1 aromatic carbocycles. The predicted octanol–water partition coefficient (Wildman–Crippen LogP) is 2.32. The molecule has 0 saturated carbocycles. The number of benzene rings is 1. The van der Waals surface area contributed by atoms with Crippen LogP contribution in [0.1, 0.15) is 12.8 Å². The van der Waals surface area contributed by atoms with Gasteiger partial charge in [-0.05, 0) is 25.0 Å². The number of rotatable bonds is 3. The summed E-state index contributed by atoms with van der Waals surface area (Å²) in [6.45, 7) is 2.53. The zero-order valence-corrected chi connectivity index (χ0v) is 11.5. The molecular weight excluding hydrogens is 279 g/mol. The van der Waals surface area contributed by atoms with Crippen molar-refractivity contribution in [2.24, 2.45) is 5.92 Å². The Hall–Kier alpha value is -1.73. The van der Waals surface area contributed by atoms with Gasteiger partial charge >= 0.3 is 0 Å². The van der Waals surface area contributed by atoms with Crippen LogP contribution in [0.15, 0.2) is 18.2 Å². The van der Waals surface area contributed by atoms with Crippen molar-refractivity contribution in [2.45, 2.75) is 19.1 Å². The number of nitro benzene ring substituents is 1. The molecule has 2 saturated heterocycles. The highest BCUT2D eigenvalue weighted by atomic mass is 19.1. The molecule has 7 heteroatoms. The standard InChI is InChI=1S/C14H17FN2O4/c15-11-3-4-12(13(8-11)17(18)19)16-5-1-2-10(9-16)14-20-6-7-21-14/h3-4,8,10,14H,1-2,5-7,9H2/t10-/m1/s1. The Bertz CT molecular complexity index is 534. The van der Waals surface area contributed by atoms with Gasteiger partial charge in [0.15, 0.2) is 6.29 Å². The van der Waals surface area contributed by atoms with Gasteiger partial charge in [-0.2, -0.15) is 0 Å². The third kappa shape index (κ3) is 2.98. The maximum absolute atomic E-state index is 13.2. The molecule has 0 radical (unpaired) electrons. The fourth-order valence-corrected chi connectivity index (χ4v) is 3.01. The SMILES string of the molecule is O=[N+]([O-])c1cc(F)ccc1N1CCC[C@@H](C2OCCO2)C1. The van der Waals surface area contributed by atoms with Crippen molar-refractivity contribution in [1.29, 1.82) is 0 Å². The van der Waals surface area contributed by atoms with Crippen LogP contribution in [-0.4, -0.2) is 37.5 Å². The first kappa shape index (κ1) is 14.2. The van der Waals surface area contributed by atoms with E-state index in [1.165, 1.54) is 12.1 Å². The van der Waals surface area contributed by atoms with Crippen LogP contribution in [0.3, 0.4) is 0 Å². The van der Waals surface area contributed by atoms with Crippen molar-refractivity contribution in [3.05, 3.63) is 34.1 Å². The molecule has 6 nitrogen and oxygen atoms in total. The number of hydrogen-bond donors (Lipinski definition) is 0. The predicted molar refractivity (Wildman–Crippen MR) is 73.7 cm³/mol. The van der Waals surface area contributed by atoms with Crippen molar-refractivity contribution in [1.82, 2.24) is 0 Å². The zero-order chi connectivity index (χ0) is 14.8. The molecular formula is C14H17FN2O4. The fourth-order valence-electron chi connectivity index (χ4n) is 3.01. The number of piperidine rings is 1. The van der Waals surface area contributed by atoms with Gasteiger partial charge in [0.25, 0.3) is 5.69 Å². The second kappa shape index (κ2) is 5.95. The van der Waals surface area contributed by atoms with Crippen molar-refractivity contribution in [3.63, 3.8) is 0 Å². The molecule has 1 aromatic rings. The Kier molecular flexibility index (Phi) is 4.03. The average Bonchev–Trinajstić information content (AvgIpc) is 3.01. The fraction of sp³-hybridized carbons (Fsp3) is 0.571. The van der Waals surface area contributed by atoms with Gasteiger partial charge in [-0.3, -0.25) is 10.1 Å². The molecule has 2 fully saturated rings. The highest BCUT2D eigenvalue weighted by Crippen LogP contribution is 2.34. The number of nitro groups is 1. The van der Waals surface area contributed by atoms with E-state index in [2.05, 4.69) is 0 Å². The number of anilines is 1. The Labute approximate surface area is 121 Å². The molecule has 2 aliphatic heterocycles. The monoisotopic (exact) mass is 296 g/mol. The van der Waals surface area contributed by atoms with E-state index in [-0.39, 0.29) is 17.9 Å². The Balaban J connectivity index is 1.81. The molecule has 0 bridgehead atoms. The van der Waals surface area contributed by atoms with Gasteiger partial charge < -0.3 is 14.4 Å². The van der Waals surface area contributed by atoms with Crippen molar-refractivity contribution >= 4 is 11.4 Å². The summed E-state index contributed by atoms with van der Waals surface area (Å²) < 4.78 is 24.3. The zero-order valence-electron chi connectivity index (χ0n) is 11.5. The summed E-state index contributed by atoms with van der Waals surface area (Å²) >= 11 is 0. The first-order valence-corrected chi connectivity index (χ1v) is 7.07. The van der Waals surface area contributed by atoms with Crippen molar-refractivity contribution < 1.29 is 18.8 Å². The quantitative estimate of drug-likeness (QED) is 0.632. The Morgan fingerprint density at radius 2 is 2.10 bits per heavy atom. The van der Waals surface area contributed by atoms with Crippen LogP contribution < -0.4 is 4.90 Å². The molecule has 1 atom stereocenters. The maximum Gasteiger partial charge on any atom is 0.295 e. The highest BCUT2D eigenvalue weighted by molar-refractivity contribution is 5.63. The van der Waals surface area contributed by atoms with Gasteiger partial charge in [0.2, 0.25) is 0 Å². The van der Waals surface area contributed by atoms with E-state index in [1.807, 2.05) is 4.90 Å². The third-order valence-electron chi connectivity index (χ3n) is 3.97. The smallest absolute Gasteiger partial charge is 0.295 e. The minimum atomic E-state index is -0.596. The van der Waals surface area contributed by atoms with E-state index < -0.39 is 10.7 Å². The van der Waals surface area contributed by atoms with Gasteiger partial charge in [-0.15, -0.1) is 0 Å². The lowest BCUT2D eigenvalue weighted by atomic mass is 9.96. The summed E-state index contributed by atoms with van der Waals surface area (Å²) in [6.07, 6.45) is 1.64. The number of halogens is 1. The van der Waals surface area contributed by atoms with Crippen LogP contribution >= 0.6 is 0 Å². The number of hydrogen-bond acceptors (Lipinski definition) is 5. The molecule has 0 spiro atoms. The lowest BCUT2D eigenvalue weighted by molar-refractivity contribution is -0.384. The molecule has 0 aliphatic carbocycles. The van der Waals surface area contributed by atoms with Crippen LogP contribution in [0.25, 0.3) is 0 Å². The number of nitrogens with zero attached hydrogens (tertiary/aromatic N) is 2. The van der Waals surface area contributed by atoms with Gasteiger partial charge in [0.05, 0.1) is 24.2 Å². The van der Waals surface area contributed by atoms with Gasteiger partial charge in [0, 0.05) is 19.0 Å². The lowest BCUT2D eigenvalue weighted by Crippen LogP contribution is -2.41. The first-order chi connectivity index (χ1) is 10.1.